The van der Waals surface area contributed by atoms with Gasteiger partial charge < -0.3 is 15.4 Å². The molecule has 0 spiro atoms. The van der Waals surface area contributed by atoms with Crippen molar-refractivity contribution in [3.05, 3.63) is 35.6 Å². The van der Waals surface area contributed by atoms with Crippen LogP contribution in [0.1, 0.15) is 25.8 Å². The summed E-state index contributed by atoms with van der Waals surface area (Å²) >= 11 is 0. The summed E-state index contributed by atoms with van der Waals surface area (Å²) in [7, 11) is 1.43. The van der Waals surface area contributed by atoms with Gasteiger partial charge in [0, 0.05) is 19.2 Å². The summed E-state index contributed by atoms with van der Waals surface area (Å²) in [5.74, 6) is -1.89. The third-order valence-corrected chi connectivity index (χ3v) is 3.22. The fourth-order valence-corrected chi connectivity index (χ4v) is 1.82. The highest BCUT2D eigenvalue weighted by Crippen LogP contribution is 2.26. The lowest BCUT2D eigenvalue weighted by Gasteiger charge is -2.29. The van der Waals surface area contributed by atoms with Crippen LogP contribution in [0.25, 0.3) is 0 Å². The molecule has 0 saturated heterocycles. The normalized spacial score (nSPS) is 13.3. The van der Waals surface area contributed by atoms with Gasteiger partial charge in [-0.1, -0.05) is 25.1 Å². The highest BCUT2D eigenvalue weighted by Gasteiger charge is 2.30. The summed E-state index contributed by atoms with van der Waals surface area (Å²) in [6.07, 6.45) is 0.740. The van der Waals surface area contributed by atoms with Crippen LogP contribution >= 0.6 is 0 Å². The van der Waals surface area contributed by atoms with Crippen LogP contribution in [0.4, 0.5) is 4.39 Å². The van der Waals surface area contributed by atoms with Crippen LogP contribution in [0.15, 0.2) is 24.3 Å². The lowest BCUT2D eigenvalue weighted by molar-refractivity contribution is -0.140. The Kier molecular flexibility index (Phi) is 6.30. The van der Waals surface area contributed by atoms with E-state index in [9.17, 15) is 14.0 Å². The molecule has 0 heterocycles. The summed E-state index contributed by atoms with van der Waals surface area (Å²) in [4.78, 5) is 23.1. The van der Waals surface area contributed by atoms with Gasteiger partial charge in [-0.25, -0.2) is 4.39 Å². The summed E-state index contributed by atoms with van der Waals surface area (Å²) < 4.78 is 19.2. The van der Waals surface area contributed by atoms with Crippen LogP contribution < -0.4 is 10.6 Å². The quantitative estimate of drug-likeness (QED) is 0.778. The minimum absolute atomic E-state index is 0.0111. The van der Waals surface area contributed by atoms with Crippen LogP contribution in [0.3, 0.4) is 0 Å². The van der Waals surface area contributed by atoms with Gasteiger partial charge in [-0.05, 0) is 19.4 Å². The smallest absolute Gasteiger partial charge is 0.309 e. The first-order valence-electron chi connectivity index (χ1n) is 6.80. The van der Waals surface area contributed by atoms with E-state index in [1.165, 1.54) is 13.2 Å². The van der Waals surface area contributed by atoms with Gasteiger partial charge in [-0.3, -0.25) is 9.59 Å². The molecule has 1 aromatic rings. The molecule has 0 fully saturated rings. The number of rotatable bonds is 6. The van der Waals surface area contributed by atoms with Gasteiger partial charge in [0.05, 0.1) is 6.54 Å². The van der Waals surface area contributed by atoms with E-state index in [0.717, 1.165) is 6.42 Å². The Morgan fingerprint density at radius 3 is 2.43 bits per heavy atom. The fraction of sp³-hybridized carbons (Fsp3) is 0.467. The molecule has 0 radical (unpaired) electrons. The van der Waals surface area contributed by atoms with Crippen molar-refractivity contribution in [2.45, 2.75) is 25.9 Å². The number of hydrogen-bond donors (Lipinski definition) is 2. The van der Waals surface area contributed by atoms with E-state index < -0.39 is 23.2 Å². The average Bonchev–Trinajstić information content (AvgIpc) is 2.50. The van der Waals surface area contributed by atoms with Crippen LogP contribution in [0, 0.1) is 5.82 Å². The van der Waals surface area contributed by atoms with Crippen molar-refractivity contribution in [1.82, 2.24) is 10.6 Å². The maximum absolute atomic E-state index is 13.8. The van der Waals surface area contributed by atoms with Gasteiger partial charge in [0.2, 0.25) is 0 Å². The molecule has 1 atom stereocenters. The van der Waals surface area contributed by atoms with Crippen LogP contribution in [0.5, 0.6) is 0 Å². The maximum atomic E-state index is 13.8. The van der Waals surface area contributed by atoms with Crippen molar-refractivity contribution in [3.63, 3.8) is 0 Å². The largest absolute Gasteiger partial charge is 0.372 e. The number of amides is 2. The molecule has 1 aromatic carbocycles. The average molecular weight is 296 g/mol. The van der Waals surface area contributed by atoms with Crippen molar-refractivity contribution in [1.29, 1.82) is 0 Å². The number of benzene rings is 1. The number of nitrogens with one attached hydrogen (secondary N) is 2. The van der Waals surface area contributed by atoms with Crippen molar-refractivity contribution in [3.8, 4) is 0 Å². The van der Waals surface area contributed by atoms with E-state index in [0.29, 0.717) is 12.1 Å². The topological polar surface area (TPSA) is 67.4 Å². The molecule has 0 aliphatic heterocycles. The standard InChI is InChI=1S/C15H21FN2O3/c1-4-9-17-13(19)14(20)18-10-15(2,21-3)11-7-5-6-8-12(11)16/h5-8H,4,9-10H2,1-3H3,(H,17,19)(H,18,20). The van der Waals surface area contributed by atoms with Crippen LogP contribution in [-0.2, 0) is 19.9 Å². The second-order valence-corrected chi connectivity index (χ2v) is 4.85. The van der Waals surface area contributed by atoms with Crippen molar-refractivity contribution >= 4 is 11.8 Å². The zero-order valence-corrected chi connectivity index (χ0v) is 12.5. The predicted octanol–water partition coefficient (Wildman–Crippen LogP) is 1.33. The van der Waals surface area contributed by atoms with Crippen LogP contribution in [-0.4, -0.2) is 32.0 Å². The van der Waals surface area contributed by atoms with Gasteiger partial charge >= 0.3 is 11.8 Å². The summed E-state index contributed by atoms with van der Waals surface area (Å²) in [6, 6.07) is 6.17. The first-order chi connectivity index (χ1) is 9.94. The summed E-state index contributed by atoms with van der Waals surface area (Å²) in [6.45, 7) is 3.96. The molecule has 0 saturated carbocycles. The Bertz CT molecular complexity index is 507. The minimum atomic E-state index is -1.05. The highest BCUT2D eigenvalue weighted by atomic mass is 19.1. The number of methoxy groups -OCH3 is 1. The second-order valence-electron chi connectivity index (χ2n) is 4.85. The van der Waals surface area contributed by atoms with Crippen molar-refractivity contribution in [2.24, 2.45) is 0 Å². The monoisotopic (exact) mass is 296 g/mol. The molecule has 0 aliphatic carbocycles. The molecular formula is C15H21FN2O3. The molecular weight excluding hydrogens is 275 g/mol. The number of carbonyl (C=O) groups is 2. The molecule has 116 valence electrons. The molecule has 5 nitrogen and oxygen atoms in total. The number of hydrogen-bond acceptors (Lipinski definition) is 3. The Hall–Kier alpha value is -1.95. The van der Waals surface area contributed by atoms with E-state index in [1.807, 2.05) is 6.92 Å². The number of halogens is 1. The Morgan fingerprint density at radius 2 is 1.86 bits per heavy atom. The van der Waals surface area contributed by atoms with Gasteiger partial charge in [0.15, 0.2) is 0 Å². The van der Waals surface area contributed by atoms with Crippen molar-refractivity contribution < 1.29 is 18.7 Å². The molecule has 0 aliphatic rings. The molecule has 1 unspecified atom stereocenters. The molecule has 21 heavy (non-hydrogen) atoms. The molecule has 6 heteroatoms. The maximum Gasteiger partial charge on any atom is 0.309 e. The third kappa shape index (κ3) is 4.53. The van der Waals surface area contributed by atoms with E-state index in [4.69, 9.17) is 4.74 Å². The van der Waals surface area contributed by atoms with Gasteiger partial charge in [-0.2, -0.15) is 0 Å². The Labute approximate surface area is 123 Å². The van der Waals surface area contributed by atoms with E-state index in [-0.39, 0.29) is 6.54 Å². The third-order valence-electron chi connectivity index (χ3n) is 3.22. The van der Waals surface area contributed by atoms with Crippen LogP contribution in [0.2, 0.25) is 0 Å². The molecule has 2 amide bonds. The number of ether oxygens (including phenoxy) is 1. The second kappa shape index (κ2) is 7.73. The van der Waals surface area contributed by atoms with Gasteiger partial charge in [0.25, 0.3) is 0 Å². The van der Waals surface area contributed by atoms with Gasteiger partial charge in [-0.15, -0.1) is 0 Å². The number of carbonyl (C=O) groups excluding carboxylic acids is 2. The Morgan fingerprint density at radius 1 is 1.24 bits per heavy atom. The SMILES string of the molecule is CCCNC(=O)C(=O)NCC(C)(OC)c1ccccc1F. The van der Waals surface area contributed by atoms with Gasteiger partial charge in [0.1, 0.15) is 11.4 Å². The molecule has 0 bridgehead atoms. The van der Waals surface area contributed by atoms with Crippen molar-refractivity contribution in [2.75, 3.05) is 20.2 Å². The van der Waals surface area contributed by atoms with E-state index in [1.54, 1.807) is 25.1 Å². The zero-order valence-electron chi connectivity index (χ0n) is 12.5. The minimum Gasteiger partial charge on any atom is -0.372 e. The first kappa shape index (κ1) is 17.1. The van der Waals surface area contributed by atoms with E-state index >= 15 is 0 Å². The summed E-state index contributed by atoms with van der Waals surface area (Å²) in [5, 5.41) is 4.94. The van der Waals surface area contributed by atoms with E-state index in [2.05, 4.69) is 10.6 Å². The summed E-state index contributed by atoms with van der Waals surface area (Å²) in [5.41, 5.74) is -0.728. The fourth-order valence-electron chi connectivity index (χ4n) is 1.82. The zero-order chi connectivity index (χ0) is 15.9. The lowest BCUT2D eigenvalue weighted by atomic mass is 9.95. The highest BCUT2D eigenvalue weighted by molar-refractivity contribution is 6.35. The molecule has 2 N–H and O–H groups in total. The first-order valence-corrected chi connectivity index (χ1v) is 6.80. The molecule has 0 aromatic heterocycles. The Balaban J connectivity index is 2.72. The molecule has 1 rings (SSSR count). The lowest BCUT2D eigenvalue weighted by Crippen LogP contribution is -2.46. The predicted molar refractivity (Wildman–Crippen MR) is 77.1 cm³/mol.